The fourth-order valence-corrected chi connectivity index (χ4v) is 2.06. The first-order valence-corrected chi connectivity index (χ1v) is 5.86. The number of nitrogens with zero attached hydrogens (tertiary/aromatic N) is 1. The summed E-state index contributed by atoms with van der Waals surface area (Å²) in [6.07, 6.45) is 3.20. The van der Waals surface area contributed by atoms with E-state index in [-0.39, 0.29) is 12.4 Å². The number of benzene rings is 1. The highest BCUT2D eigenvalue weighted by Gasteiger charge is 2.04. The van der Waals surface area contributed by atoms with E-state index in [1.54, 1.807) is 0 Å². The normalized spacial score (nSPS) is 10.8. The second-order valence-corrected chi connectivity index (χ2v) is 4.97. The van der Waals surface area contributed by atoms with Crippen LogP contribution in [0, 0.1) is 0 Å². The van der Waals surface area contributed by atoms with Gasteiger partial charge in [0.25, 0.3) is 0 Å². The molecule has 2 nitrogen and oxygen atoms in total. The number of aromatic amines is 1. The van der Waals surface area contributed by atoms with Gasteiger partial charge in [-0.2, -0.15) is 0 Å². The fraction of sp³-hybridized carbons (Fsp3) is 0.333. The van der Waals surface area contributed by atoms with Crippen molar-refractivity contribution in [1.82, 2.24) is 9.88 Å². The molecule has 1 aromatic carbocycles. The van der Waals surface area contributed by atoms with Crippen molar-refractivity contribution in [3.63, 3.8) is 0 Å². The number of hydrogen-bond acceptors (Lipinski definition) is 1. The number of nitrogens with one attached hydrogen (secondary N) is 1. The number of fused-ring (bicyclic) bond motifs is 1. The Morgan fingerprint density at radius 2 is 2.06 bits per heavy atom. The highest BCUT2D eigenvalue weighted by molar-refractivity contribution is 9.10. The maximum atomic E-state index is 3.51. The lowest BCUT2D eigenvalue weighted by Gasteiger charge is -2.08. The third-order valence-corrected chi connectivity index (χ3v) is 3.05. The number of hydrogen-bond donors (Lipinski definition) is 1. The lowest BCUT2D eigenvalue weighted by atomic mass is 10.1. The summed E-state index contributed by atoms with van der Waals surface area (Å²) >= 11 is 3.51. The standard InChI is InChI=1S/C12H15BrN2.ClH/c1-15(2)6-5-9-8-14-12-4-3-10(13)7-11(9)12;/h3-4,7-8,14H,5-6H2,1-2H3;1H. The van der Waals surface area contributed by atoms with Gasteiger partial charge in [0.15, 0.2) is 0 Å². The Kier molecular flexibility index (Phi) is 4.84. The predicted octanol–water partition coefficient (Wildman–Crippen LogP) is 3.46. The van der Waals surface area contributed by atoms with E-state index in [9.17, 15) is 0 Å². The molecule has 0 atom stereocenters. The summed E-state index contributed by atoms with van der Waals surface area (Å²) in [5.74, 6) is 0. The molecule has 0 fully saturated rings. The Bertz CT molecular complexity index is 465. The first-order valence-electron chi connectivity index (χ1n) is 5.07. The first-order chi connectivity index (χ1) is 7.16. The van der Waals surface area contributed by atoms with Crippen LogP contribution in [0.1, 0.15) is 5.56 Å². The smallest absolute Gasteiger partial charge is 0.0457 e. The van der Waals surface area contributed by atoms with Gasteiger partial charge in [-0.05, 0) is 44.3 Å². The molecule has 0 aliphatic rings. The van der Waals surface area contributed by atoms with E-state index in [1.165, 1.54) is 16.5 Å². The van der Waals surface area contributed by atoms with Gasteiger partial charge in [0, 0.05) is 28.1 Å². The average Bonchev–Trinajstić information content (AvgIpc) is 2.57. The van der Waals surface area contributed by atoms with Crippen LogP contribution in [0.25, 0.3) is 10.9 Å². The molecule has 0 amide bonds. The topological polar surface area (TPSA) is 19.0 Å². The lowest BCUT2D eigenvalue weighted by Crippen LogP contribution is -2.14. The minimum Gasteiger partial charge on any atom is -0.361 e. The zero-order chi connectivity index (χ0) is 10.8. The number of likely N-dealkylation sites (N-methyl/N-ethyl adjacent to an activating group) is 1. The third kappa shape index (κ3) is 3.00. The van der Waals surface area contributed by atoms with E-state index in [2.05, 4.69) is 64.3 Å². The summed E-state index contributed by atoms with van der Waals surface area (Å²) in [4.78, 5) is 5.50. The van der Waals surface area contributed by atoms with Crippen LogP contribution in [0.5, 0.6) is 0 Å². The molecule has 0 saturated carbocycles. The molecule has 4 heteroatoms. The molecule has 16 heavy (non-hydrogen) atoms. The second-order valence-electron chi connectivity index (χ2n) is 4.06. The van der Waals surface area contributed by atoms with E-state index < -0.39 is 0 Å². The minimum absolute atomic E-state index is 0. The molecule has 1 N–H and O–H groups in total. The maximum Gasteiger partial charge on any atom is 0.0457 e. The molecular formula is C12H16BrClN2. The Hall–Kier alpha value is -0.510. The molecule has 0 saturated heterocycles. The van der Waals surface area contributed by atoms with E-state index in [0.717, 1.165) is 17.4 Å². The maximum absolute atomic E-state index is 3.51. The highest BCUT2D eigenvalue weighted by atomic mass is 79.9. The zero-order valence-electron chi connectivity index (χ0n) is 9.46. The van der Waals surface area contributed by atoms with E-state index >= 15 is 0 Å². The first kappa shape index (κ1) is 13.6. The summed E-state index contributed by atoms with van der Waals surface area (Å²) < 4.78 is 1.14. The van der Waals surface area contributed by atoms with Gasteiger partial charge < -0.3 is 9.88 Å². The van der Waals surface area contributed by atoms with Crippen LogP contribution in [0.15, 0.2) is 28.9 Å². The van der Waals surface area contributed by atoms with Crippen molar-refractivity contribution < 1.29 is 0 Å². The minimum atomic E-state index is 0. The zero-order valence-corrected chi connectivity index (χ0v) is 11.9. The van der Waals surface area contributed by atoms with Crippen LogP contribution >= 0.6 is 28.3 Å². The van der Waals surface area contributed by atoms with Crippen LogP contribution in [-0.4, -0.2) is 30.5 Å². The summed E-state index contributed by atoms with van der Waals surface area (Å²) in [6, 6.07) is 6.35. The Labute approximate surface area is 111 Å². The van der Waals surface area contributed by atoms with Gasteiger partial charge in [0.05, 0.1) is 0 Å². The monoisotopic (exact) mass is 302 g/mol. The molecule has 0 radical (unpaired) electrons. The molecule has 1 heterocycles. The quantitative estimate of drug-likeness (QED) is 0.920. The van der Waals surface area contributed by atoms with E-state index in [0.29, 0.717) is 0 Å². The van der Waals surface area contributed by atoms with Crippen LogP contribution in [0.4, 0.5) is 0 Å². The largest absolute Gasteiger partial charge is 0.361 e. The molecule has 0 aliphatic carbocycles. The van der Waals surface area contributed by atoms with Crippen molar-refractivity contribution in [1.29, 1.82) is 0 Å². The van der Waals surface area contributed by atoms with E-state index in [4.69, 9.17) is 0 Å². The fourth-order valence-electron chi connectivity index (χ4n) is 1.70. The Morgan fingerprint density at radius 1 is 1.31 bits per heavy atom. The number of halogens is 2. The molecule has 0 aliphatic heterocycles. The molecule has 0 bridgehead atoms. The lowest BCUT2D eigenvalue weighted by molar-refractivity contribution is 0.414. The van der Waals surface area contributed by atoms with Crippen molar-refractivity contribution in [3.05, 3.63) is 34.4 Å². The van der Waals surface area contributed by atoms with Crippen molar-refractivity contribution in [3.8, 4) is 0 Å². The molecule has 0 unspecified atom stereocenters. The van der Waals surface area contributed by atoms with Gasteiger partial charge in [-0.3, -0.25) is 0 Å². The van der Waals surface area contributed by atoms with Gasteiger partial charge in [0.1, 0.15) is 0 Å². The van der Waals surface area contributed by atoms with Gasteiger partial charge >= 0.3 is 0 Å². The van der Waals surface area contributed by atoms with Crippen LogP contribution in [-0.2, 0) is 6.42 Å². The van der Waals surface area contributed by atoms with E-state index in [1.807, 2.05) is 0 Å². The average molecular weight is 304 g/mol. The summed E-state index contributed by atoms with van der Waals surface area (Å²) in [6.45, 7) is 1.08. The van der Waals surface area contributed by atoms with Crippen LogP contribution < -0.4 is 0 Å². The Morgan fingerprint density at radius 3 is 2.75 bits per heavy atom. The summed E-state index contributed by atoms with van der Waals surface area (Å²) in [5.41, 5.74) is 2.60. The van der Waals surface area contributed by atoms with Crippen LogP contribution in [0.3, 0.4) is 0 Å². The van der Waals surface area contributed by atoms with Crippen molar-refractivity contribution >= 4 is 39.2 Å². The third-order valence-electron chi connectivity index (χ3n) is 2.56. The molecule has 2 rings (SSSR count). The van der Waals surface area contributed by atoms with Gasteiger partial charge in [-0.25, -0.2) is 0 Å². The molecule has 0 spiro atoms. The van der Waals surface area contributed by atoms with Crippen molar-refractivity contribution in [2.24, 2.45) is 0 Å². The molecule has 1 aromatic heterocycles. The van der Waals surface area contributed by atoms with Gasteiger partial charge in [-0.1, -0.05) is 15.9 Å². The van der Waals surface area contributed by atoms with Gasteiger partial charge in [0.2, 0.25) is 0 Å². The van der Waals surface area contributed by atoms with Crippen molar-refractivity contribution in [2.45, 2.75) is 6.42 Å². The summed E-state index contributed by atoms with van der Waals surface area (Å²) in [5, 5.41) is 1.33. The van der Waals surface area contributed by atoms with Crippen molar-refractivity contribution in [2.75, 3.05) is 20.6 Å². The number of aromatic nitrogens is 1. The Balaban J connectivity index is 0.00000128. The molecular weight excluding hydrogens is 288 g/mol. The van der Waals surface area contributed by atoms with Crippen LogP contribution in [0.2, 0.25) is 0 Å². The second kappa shape index (κ2) is 5.71. The SMILES string of the molecule is CN(C)CCc1c[nH]c2ccc(Br)cc12.Cl. The number of rotatable bonds is 3. The number of H-pyrrole nitrogens is 1. The predicted molar refractivity (Wildman–Crippen MR) is 75.5 cm³/mol. The summed E-state index contributed by atoms with van der Waals surface area (Å²) in [7, 11) is 4.20. The highest BCUT2D eigenvalue weighted by Crippen LogP contribution is 2.22. The molecule has 2 aromatic rings. The van der Waals surface area contributed by atoms with Gasteiger partial charge in [-0.15, -0.1) is 12.4 Å². The molecule has 88 valence electrons.